The second-order valence-corrected chi connectivity index (χ2v) is 7.88. The minimum absolute atomic E-state index is 0.0108. The molecule has 2 rings (SSSR count). The predicted molar refractivity (Wildman–Crippen MR) is 119 cm³/mol. The molecule has 1 atom stereocenters. The molecule has 0 saturated carbocycles. The van der Waals surface area contributed by atoms with Gasteiger partial charge in [0.05, 0.1) is 0 Å². The molecule has 0 aliphatic carbocycles. The van der Waals surface area contributed by atoms with Crippen molar-refractivity contribution in [3.63, 3.8) is 0 Å². The summed E-state index contributed by atoms with van der Waals surface area (Å²) in [6.07, 6.45) is 1.65. The standard InChI is InChI=1S/C25H34N2O2/c1-6-23(25(29)26-5)27(17-22-10-8-7-9-19(22)4)24(28)16-13-20-11-14-21(15-12-20)18(2)3/h7-12,14-15,18,23H,6,13,16-17H2,1-5H3,(H,26,29)/t23-/m1/s1. The molecule has 2 amide bonds. The van der Waals surface area contributed by atoms with E-state index in [1.807, 2.05) is 38.1 Å². The van der Waals surface area contributed by atoms with Crippen LogP contribution in [0.4, 0.5) is 0 Å². The molecule has 0 aliphatic heterocycles. The summed E-state index contributed by atoms with van der Waals surface area (Å²) in [7, 11) is 1.62. The number of hydrogen-bond donors (Lipinski definition) is 1. The predicted octanol–water partition coefficient (Wildman–Crippen LogP) is 4.60. The lowest BCUT2D eigenvalue weighted by atomic mass is 10.00. The number of nitrogens with zero attached hydrogens (tertiary/aromatic N) is 1. The molecule has 0 aliphatic rings. The fourth-order valence-electron chi connectivity index (χ4n) is 3.52. The minimum Gasteiger partial charge on any atom is -0.357 e. The number of carbonyl (C=O) groups excluding carboxylic acids is 2. The zero-order valence-electron chi connectivity index (χ0n) is 18.4. The van der Waals surface area contributed by atoms with Crippen molar-refractivity contribution in [2.75, 3.05) is 7.05 Å². The van der Waals surface area contributed by atoms with Crippen molar-refractivity contribution in [2.24, 2.45) is 0 Å². The Balaban J connectivity index is 2.16. The summed E-state index contributed by atoms with van der Waals surface area (Å²) in [6.45, 7) is 8.78. The third-order valence-electron chi connectivity index (χ3n) is 5.51. The molecule has 0 spiro atoms. The zero-order valence-corrected chi connectivity index (χ0v) is 18.4. The maximum atomic E-state index is 13.2. The number of hydrogen-bond acceptors (Lipinski definition) is 2. The molecule has 156 valence electrons. The van der Waals surface area contributed by atoms with E-state index in [9.17, 15) is 9.59 Å². The molecule has 0 radical (unpaired) electrons. The van der Waals surface area contributed by atoms with Crippen molar-refractivity contribution in [1.82, 2.24) is 10.2 Å². The molecule has 2 aromatic rings. The molecule has 29 heavy (non-hydrogen) atoms. The van der Waals surface area contributed by atoms with Crippen molar-refractivity contribution in [1.29, 1.82) is 0 Å². The first-order valence-electron chi connectivity index (χ1n) is 10.5. The third-order valence-corrected chi connectivity index (χ3v) is 5.51. The van der Waals surface area contributed by atoms with Gasteiger partial charge in [-0.1, -0.05) is 69.3 Å². The highest BCUT2D eigenvalue weighted by Gasteiger charge is 2.28. The Morgan fingerprint density at radius 1 is 1.03 bits per heavy atom. The van der Waals surface area contributed by atoms with E-state index in [4.69, 9.17) is 0 Å². The molecule has 2 aromatic carbocycles. The van der Waals surface area contributed by atoms with Gasteiger partial charge in [0, 0.05) is 20.0 Å². The summed E-state index contributed by atoms with van der Waals surface area (Å²) in [5.74, 6) is 0.389. The number of carbonyl (C=O) groups is 2. The van der Waals surface area contributed by atoms with E-state index >= 15 is 0 Å². The van der Waals surface area contributed by atoms with Crippen LogP contribution in [0.2, 0.25) is 0 Å². The van der Waals surface area contributed by atoms with Gasteiger partial charge in [-0.05, 0) is 47.9 Å². The first-order valence-corrected chi connectivity index (χ1v) is 10.5. The first-order chi connectivity index (χ1) is 13.9. The van der Waals surface area contributed by atoms with E-state index in [0.717, 1.165) is 16.7 Å². The van der Waals surface area contributed by atoms with Crippen molar-refractivity contribution >= 4 is 11.8 Å². The lowest BCUT2D eigenvalue weighted by Gasteiger charge is -2.31. The van der Waals surface area contributed by atoms with Crippen LogP contribution in [-0.4, -0.2) is 29.8 Å². The van der Waals surface area contributed by atoms with Crippen LogP contribution in [0.5, 0.6) is 0 Å². The normalized spacial score (nSPS) is 11.9. The van der Waals surface area contributed by atoms with E-state index in [0.29, 0.717) is 31.7 Å². The number of nitrogens with one attached hydrogen (secondary N) is 1. The van der Waals surface area contributed by atoms with E-state index < -0.39 is 6.04 Å². The second kappa shape index (κ2) is 10.8. The van der Waals surface area contributed by atoms with Gasteiger partial charge in [0.15, 0.2) is 0 Å². The average molecular weight is 395 g/mol. The molecule has 0 saturated heterocycles. The van der Waals surface area contributed by atoms with Gasteiger partial charge in [0.25, 0.3) is 0 Å². The van der Waals surface area contributed by atoms with Crippen LogP contribution in [0.1, 0.15) is 61.8 Å². The second-order valence-electron chi connectivity index (χ2n) is 7.88. The van der Waals surface area contributed by atoms with Crippen molar-refractivity contribution < 1.29 is 9.59 Å². The van der Waals surface area contributed by atoms with Gasteiger partial charge in [-0.2, -0.15) is 0 Å². The molecule has 1 N–H and O–H groups in total. The van der Waals surface area contributed by atoms with Crippen LogP contribution >= 0.6 is 0 Å². The van der Waals surface area contributed by atoms with Crippen LogP contribution < -0.4 is 5.32 Å². The molecule has 4 nitrogen and oxygen atoms in total. The van der Waals surface area contributed by atoms with Crippen molar-refractivity contribution in [3.8, 4) is 0 Å². The topological polar surface area (TPSA) is 49.4 Å². The summed E-state index contributed by atoms with van der Waals surface area (Å²) in [4.78, 5) is 27.3. The molecule has 4 heteroatoms. The van der Waals surface area contributed by atoms with Gasteiger partial charge in [-0.3, -0.25) is 9.59 Å². The van der Waals surface area contributed by atoms with E-state index in [-0.39, 0.29) is 11.8 Å². The van der Waals surface area contributed by atoms with Gasteiger partial charge in [0.1, 0.15) is 6.04 Å². The van der Waals surface area contributed by atoms with Gasteiger partial charge >= 0.3 is 0 Å². The lowest BCUT2D eigenvalue weighted by molar-refractivity contribution is -0.141. The molecule has 0 aromatic heterocycles. The number of rotatable bonds is 9. The fourth-order valence-corrected chi connectivity index (χ4v) is 3.52. The van der Waals surface area contributed by atoms with Gasteiger partial charge in [-0.15, -0.1) is 0 Å². The molecular weight excluding hydrogens is 360 g/mol. The monoisotopic (exact) mass is 394 g/mol. The quantitative estimate of drug-likeness (QED) is 0.675. The lowest BCUT2D eigenvalue weighted by Crippen LogP contribution is -2.48. The summed E-state index contributed by atoms with van der Waals surface area (Å²) in [5.41, 5.74) is 4.64. The van der Waals surface area contributed by atoms with Crippen LogP contribution in [0.3, 0.4) is 0 Å². The number of benzene rings is 2. The van der Waals surface area contributed by atoms with Crippen LogP contribution in [0.25, 0.3) is 0 Å². The van der Waals surface area contributed by atoms with E-state index in [2.05, 4.69) is 43.4 Å². The van der Waals surface area contributed by atoms with E-state index in [1.54, 1.807) is 11.9 Å². The maximum absolute atomic E-state index is 13.2. The summed E-state index contributed by atoms with van der Waals surface area (Å²) < 4.78 is 0. The number of amides is 2. The van der Waals surface area contributed by atoms with Crippen molar-refractivity contribution in [3.05, 3.63) is 70.8 Å². The molecule has 0 fully saturated rings. The molecular formula is C25H34N2O2. The van der Waals surface area contributed by atoms with Crippen molar-refractivity contribution in [2.45, 2.75) is 65.5 Å². The Hall–Kier alpha value is -2.62. The molecule has 0 unspecified atom stereocenters. The number of aryl methyl sites for hydroxylation is 2. The van der Waals surface area contributed by atoms with Crippen LogP contribution in [0.15, 0.2) is 48.5 Å². The smallest absolute Gasteiger partial charge is 0.242 e. The Morgan fingerprint density at radius 3 is 2.24 bits per heavy atom. The first kappa shape index (κ1) is 22.7. The zero-order chi connectivity index (χ0) is 21.4. The van der Waals surface area contributed by atoms with Crippen LogP contribution in [-0.2, 0) is 22.6 Å². The highest BCUT2D eigenvalue weighted by molar-refractivity contribution is 5.87. The van der Waals surface area contributed by atoms with Gasteiger partial charge in [-0.25, -0.2) is 0 Å². The molecule has 0 heterocycles. The SMILES string of the molecule is CC[C@H](C(=O)NC)N(Cc1ccccc1C)C(=O)CCc1ccc(C(C)C)cc1. The maximum Gasteiger partial charge on any atom is 0.242 e. The Labute approximate surface area is 175 Å². The highest BCUT2D eigenvalue weighted by atomic mass is 16.2. The van der Waals surface area contributed by atoms with Crippen LogP contribution in [0, 0.1) is 6.92 Å². The fraction of sp³-hybridized carbons (Fsp3) is 0.440. The van der Waals surface area contributed by atoms with E-state index in [1.165, 1.54) is 5.56 Å². The highest BCUT2D eigenvalue weighted by Crippen LogP contribution is 2.19. The number of likely N-dealkylation sites (N-methyl/N-ethyl adjacent to an activating group) is 1. The third kappa shape index (κ3) is 6.18. The largest absolute Gasteiger partial charge is 0.357 e. The summed E-state index contributed by atoms with van der Waals surface area (Å²) >= 11 is 0. The Bertz CT molecular complexity index is 812. The summed E-state index contributed by atoms with van der Waals surface area (Å²) in [5, 5.41) is 2.71. The van der Waals surface area contributed by atoms with Gasteiger partial charge < -0.3 is 10.2 Å². The van der Waals surface area contributed by atoms with Gasteiger partial charge in [0.2, 0.25) is 11.8 Å². The minimum atomic E-state index is -0.463. The Morgan fingerprint density at radius 2 is 1.69 bits per heavy atom. The average Bonchev–Trinajstić information content (AvgIpc) is 2.73. The molecule has 0 bridgehead atoms. The Kier molecular flexibility index (Phi) is 8.44. The summed E-state index contributed by atoms with van der Waals surface area (Å²) in [6, 6.07) is 16.0.